The van der Waals surface area contributed by atoms with Crippen molar-refractivity contribution in [1.82, 2.24) is 9.97 Å². The van der Waals surface area contributed by atoms with Crippen LogP contribution in [0.5, 0.6) is 0 Å². The van der Waals surface area contributed by atoms with Gasteiger partial charge in [0.2, 0.25) is 0 Å². The minimum absolute atomic E-state index is 0.234. The summed E-state index contributed by atoms with van der Waals surface area (Å²) in [5.74, 6) is -0.234. The molecular formula is C15H11FN2S. The topological polar surface area (TPSA) is 25.8 Å². The van der Waals surface area contributed by atoms with Crippen molar-refractivity contribution in [2.24, 2.45) is 0 Å². The Balaban J connectivity index is 2.00. The maximum Gasteiger partial charge on any atom is 0.125 e. The van der Waals surface area contributed by atoms with E-state index in [-0.39, 0.29) is 5.82 Å². The average Bonchev–Trinajstić information content (AvgIpc) is 2.89. The average molecular weight is 270 g/mol. The van der Waals surface area contributed by atoms with Crippen LogP contribution in [0.4, 0.5) is 4.39 Å². The normalized spacial score (nSPS) is 10.6. The lowest BCUT2D eigenvalue weighted by molar-refractivity contribution is 0.628. The van der Waals surface area contributed by atoms with E-state index in [1.165, 1.54) is 12.1 Å². The van der Waals surface area contributed by atoms with Crippen LogP contribution < -0.4 is 0 Å². The Kier molecular flexibility index (Phi) is 3.09. The van der Waals surface area contributed by atoms with Gasteiger partial charge in [0.15, 0.2) is 0 Å². The van der Waals surface area contributed by atoms with E-state index in [4.69, 9.17) is 0 Å². The van der Waals surface area contributed by atoms with Gasteiger partial charge in [0.25, 0.3) is 0 Å². The molecule has 4 heteroatoms. The van der Waals surface area contributed by atoms with Crippen LogP contribution in [-0.4, -0.2) is 9.97 Å². The van der Waals surface area contributed by atoms with Gasteiger partial charge in [-0.25, -0.2) is 9.37 Å². The van der Waals surface area contributed by atoms with Crippen LogP contribution in [0.3, 0.4) is 0 Å². The third-order valence-corrected chi connectivity index (χ3v) is 3.79. The highest BCUT2D eigenvalue weighted by Crippen LogP contribution is 2.30. The number of halogens is 1. The first-order valence-electron chi connectivity index (χ1n) is 5.86. The summed E-state index contributed by atoms with van der Waals surface area (Å²) in [6.07, 6.45) is 3.59. The molecule has 0 aliphatic heterocycles. The van der Waals surface area contributed by atoms with Crippen LogP contribution >= 0.6 is 11.3 Å². The van der Waals surface area contributed by atoms with Crippen LogP contribution in [0, 0.1) is 12.7 Å². The van der Waals surface area contributed by atoms with Crippen molar-refractivity contribution in [2.75, 3.05) is 0 Å². The number of aryl methyl sites for hydroxylation is 1. The standard InChI is InChI=1S/C15H11FN2S/c1-10-6-7-17-8-13(10)15-18-14(9-19-15)11-2-4-12(16)5-3-11/h2-9H,1H3. The first-order valence-corrected chi connectivity index (χ1v) is 6.74. The highest BCUT2D eigenvalue weighted by molar-refractivity contribution is 7.13. The van der Waals surface area contributed by atoms with Gasteiger partial charge >= 0.3 is 0 Å². The fraction of sp³-hybridized carbons (Fsp3) is 0.0667. The van der Waals surface area contributed by atoms with E-state index in [9.17, 15) is 4.39 Å². The molecule has 0 saturated heterocycles. The predicted molar refractivity (Wildman–Crippen MR) is 75.5 cm³/mol. The second-order valence-corrected chi connectivity index (χ2v) is 5.09. The molecule has 3 aromatic rings. The molecule has 2 nitrogen and oxygen atoms in total. The molecule has 1 aromatic carbocycles. The molecular weight excluding hydrogens is 259 g/mol. The molecule has 94 valence electrons. The quantitative estimate of drug-likeness (QED) is 0.693. The van der Waals surface area contributed by atoms with Crippen LogP contribution in [0.15, 0.2) is 48.1 Å². The van der Waals surface area contributed by atoms with Gasteiger partial charge in [-0.05, 0) is 42.8 Å². The third-order valence-electron chi connectivity index (χ3n) is 2.91. The van der Waals surface area contributed by atoms with E-state index in [1.807, 2.05) is 24.6 Å². The SMILES string of the molecule is Cc1ccncc1-c1nc(-c2ccc(F)cc2)cs1. The molecule has 0 saturated carbocycles. The van der Waals surface area contributed by atoms with Gasteiger partial charge in [0.05, 0.1) is 5.69 Å². The second kappa shape index (κ2) is 4.90. The monoisotopic (exact) mass is 270 g/mol. The maximum absolute atomic E-state index is 12.9. The first kappa shape index (κ1) is 12.0. The number of nitrogens with zero attached hydrogens (tertiary/aromatic N) is 2. The van der Waals surface area contributed by atoms with E-state index in [2.05, 4.69) is 9.97 Å². The zero-order chi connectivity index (χ0) is 13.2. The number of pyridine rings is 1. The summed E-state index contributed by atoms with van der Waals surface area (Å²) in [5.41, 5.74) is 3.98. The molecule has 19 heavy (non-hydrogen) atoms. The van der Waals surface area contributed by atoms with Crippen molar-refractivity contribution in [3.63, 3.8) is 0 Å². The number of aromatic nitrogens is 2. The number of hydrogen-bond acceptors (Lipinski definition) is 3. The highest BCUT2D eigenvalue weighted by Gasteiger charge is 2.08. The first-order chi connectivity index (χ1) is 9.24. The summed E-state index contributed by atoms with van der Waals surface area (Å²) < 4.78 is 12.9. The van der Waals surface area contributed by atoms with E-state index in [1.54, 1.807) is 29.7 Å². The van der Waals surface area contributed by atoms with Crippen LogP contribution in [-0.2, 0) is 0 Å². The lowest BCUT2D eigenvalue weighted by Crippen LogP contribution is -1.84. The van der Waals surface area contributed by atoms with Crippen molar-refractivity contribution < 1.29 is 4.39 Å². The molecule has 0 amide bonds. The van der Waals surface area contributed by atoms with Crippen molar-refractivity contribution in [3.05, 3.63) is 59.5 Å². The van der Waals surface area contributed by atoms with E-state index < -0.39 is 0 Å². The zero-order valence-corrected chi connectivity index (χ0v) is 11.1. The molecule has 0 spiro atoms. The van der Waals surface area contributed by atoms with Gasteiger partial charge in [0, 0.05) is 28.9 Å². The Hall–Kier alpha value is -2.07. The van der Waals surface area contributed by atoms with E-state index in [0.29, 0.717) is 0 Å². The Labute approximate surface area is 114 Å². The molecule has 0 N–H and O–H groups in total. The van der Waals surface area contributed by atoms with Crippen LogP contribution in [0.1, 0.15) is 5.56 Å². The summed E-state index contributed by atoms with van der Waals surface area (Å²) >= 11 is 1.57. The smallest absolute Gasteiger partial charge is 0.125 e. The van der Waals surface area contributed by atoms with Crippen LogP contribution in [0.2, 0.25) is 0 Å². The molecule has 0 unspecified atom stereocenters. The van der Waals surface area contributed by atoms with Gasteiger partial charge in [-0.2, -0.15) is 0 Å². The summed E-state index contributed by atoms with van der Waals surface area (Å²) in [4.78, 5) is 8.73. The van der Waals surface area contributed by atoms with E-state index in [0.717, 1.165) is 27.4 Å². The molecule has 2 heterocycles. The minimum atomic E-state index is -0.234. The fourth-order valence-corrected chi connectivity index (χ4v) is 2.74. The van der Waals surface area contributed by atoms with Gasteiger partial charge in [0.1, 0.15) is 10.8 Å². The number of rotatable bonds is 2. The summed E-state index contributed by atoms with van der Waals surface area (Å²) in [6, 6.07) is 8.34. The number of hydrogen-bond donors (Lipinski definition) is 0. The van der Waals surface area contributed by atoms with Gasteiger partial charge in [-0.3, -0.25) is 4.98 Å². The van der Waals surface area contributed by atoms with Crippen molar-refractivity contribution >= 4 is 11.3 Å². The Bertz CT molecular complexity index is 704. The van der Waals surface area contributed by atoms with Gasteiger partial charge in [-0.15, -0.1) is 11.3 Å². The molecule has 3 rings (SSSR count). The zero-order valence-electron chi connectivity index (χ0n) is 10.3. The highest BCUT2D eigenvalue weighted by atomic mass is 32.1. The van der Waals surface area contributed by atoms with Crippen molar-refractivity contribution in [2.45, 2.75) is 6.92 Å². The summed E-state index contributed by atoms with van der Waals surface area (Å²) in [7, 11) is 0. The third kappa shape index (κ3) is 2.39. The molecule has 0 aliphatic carbocycles. The second-order valence-electron chi connectivity index (χ2n) is 4.24. The van der Waals surface area contributed by atoms with Crippen LogP contribution in [0.25, 0.3) is 21.8 Å². The lowest BCUT2D eigenvalue weighted by atomic mass is 10.1. The molecule has 0 aliphatic rings. The lowest BCUT2D eigenvalue weighted by Gasteiger charge is -2.00. The van der Waals surface area contributed by atoms with Gasteiger partial charge in [-0.1, -0.05) is 0 Å². The van der Waals surface area contributed by atoms with Crippen molar-refractivity contribution in [3.8, 4) is 21.8 Å². The largest absolute Gasteiger partial charge is 0.264 e. The summed E-state index contributed by atoms with van der Waals surface area (Å²) in [6.45, 7) is 2.04. The predicted octanol–water partition coefficient (Wildman–Crippen LogP) is 4.32. The minimum Gasteiger partial charge on any atom is -0.264 e. The molecule has 0 fully saturated rings. The Morgan fingerprint density at radius 1 is 1.11 bits per heavy atom. The Morgan fingerprint density at radius 3 is 2.63 bits per heavy atom. The number of thiazole rings is 1. The molecule has 0 bridgehead atoms. The maximum atomic E-state index is 12.9. The Morgan fingerprint density at radius 2 is 1.89 bits per heavy atom. The fourth-order valence-electron chi connectivity index (χ4n) is 1.84. The summed E-state index contributed by atoms with van der Waals surface area (Å²) in [5, 5.41) is 2.92. The molecule has 0 atom stereocenters. The molecule has 0 radical (unpaired) electrons. The van der Waals surface area contributed by atoms with Crippen molar-refractivity contribution in [1.29, 1.82) is 0 Å². The van der Waals surface area contributed by atoms with Gasteiger partial charge < -0.3 is 0 Å². The van der Waals surface area contributed by atoms with E-state index >= 15 is 0 Å². The number of benzene rings is 1. The molecule has 2 aromatic heterocycles.